The highest BCUT2D eigenvalue weighted by atomic mass is 79.9. The van der Waals surface area contributed by atoms with Crippen LogP contribution in [0.25, 0.3) is 0 Å². The number of aryl methyl sites for hydroxylation is 1. The van der Waals surface area contributed by atoms with Gasteiger partial charge in [0.1, 0.15) is 0 Å². The maximum atomic E-state index is 5.80. The van der Waals surface area contributed by atoms with Crippen molar-refractivity contribution in [3.05, 3.63) is 52.5 Å². The largest absolute Gasteiger partial charge is 0.399 e. The zero-order valence-corrected chi connectivity index (χ0v) is 19.3. The van der Waals surface area contributed by atoms with Gasteiger partial charge in [-0.05, 0) is 70.7 Å². The number of nitrogens with zero attached hydrogens (tertiary/aromatic N) is 1. The summed E-state index contributed by atoms with van der Waals surface area (Å²) in [4.78, 5) is 2.19. The number of nitrogen functional groups attached to an aromatic ring is 1. The van der Waals surface area contributed by atoms with Crippen molar-refractivity contribution in [3.8, 4) is 0 Å². The number of unbranched alkanes of at least 4 members (excludes halogenated alkanes) is 9. The number of benzene rings is 2. The lowest BCUT2D eigenvalue weighted by atomic mass is 10.0. The van der Waals surface area contributed by atoms with E-state index in [1.165, 1.54) is 81.9 Å². The van der Waals surface area contributed by atoms with Crippen molar-refractivity contribution in [1.29, 1.82) is 0 Å². The molecule has 0 amide bonds. The number of nitrogens with two attached hydrogens (primary N) is 1. The van der Waals surface area contributed by atoms with Gasteiger partial charge in [0.2, 0.25) is 0 Å². The Morgan fingerprint density at radius 3 is 1.93 bits per heavy atom. The molecular weight excluding hydrogens is 408 g/mol. The van der Waals surface area contributed by atoms with E-state index in [0.29, 0.717) is 0 Å². The van der Waals surface area contributed by atoms with E-state index in [9.17, 15) is 0 Å². The van der Waals surface area contributed by atoms with E-state index in [4.69, 9.17) is 5.73 Å². The Morgan fingerprint density at radius 1 is 0.786 bits per heavy atom. The van der Waals surface area contributed by atoms with Crippen LogP contribution in [0.4, 0.5) is 17.1 Å². The number of anilines is 3. The molecule has 0 saturated heterocycles. The highest BCUT2D eigenvalue weighted by Gasteiger charge is 2.09. The van der Waals surface area contributed by atoms with Crippen LogP contribution in [0.5, 0.6) is 0 Å². The van der Waals surface area contributed by atoms with E-state index in [0.717, 1.165) is 15.8 Å². The standard InChI is InChI=1S/C25H37BrN2/c1-3-4-5-6-7-8-9-10-11-12-13-21-14-19-25(24(26)20-21)28(2)23-17-15-22(27)16-18-23/h14-20H,3-13,27H2,1-2H3. The molecule has 0 spiro atoms. The third-order valence-electron chi connectivity index (χ3n) is 5.47. The molecule has 0 bridgehead atoms. The van der Waals surface area contributed by atoms with Crippen LogP contribution in [0.3, 0.4) is 0 Å². The van der Waals surface area contributed by atoms with E-state index < -0.39 is 0 Å². The number of hydrogen-bond acceptors (Lipinski definition) is 2. The van der Waals surface area contributed by atoms with Gasteiger partial charge in [0.25, 0.3) is 0 Å². The number of hydrogen-bond donors (Lipinski definition) is 1. The summed E-state index contributed by atoms with van der Waals surface area (Å²) >= 11 is 3.76. The zero-order valence-electron chi connectivity index (χ0n) is 17.7. The fraction of sp³-hybridized carbons (Fsp3) is 0.520. The molecule has 2 nitrogen and oxygen atoms in total. The molecule has 2 aromatic carbocycles. The summed E-state index contributed by atoms with van der Waals surface area (Å²) in [5, 5.41) is 0. The molecule has 0 heterocycles. The van der Waals surface area contributed by atoms with Gasteiger partial charge >= 0.3 is 0 Å². The molecule has 2 aromatic rings. The number of halogens is 1. The van der Waals surface area contributed by atoms with Crippen molar-refractivity contribution in [2.45, 2.75) is 77.6 Å². The Kier molecular flexibility index (Phi) is 10.5. The fourth-order valence-corrected chi connectivity index (χ4v) is 4.32. The highest BCUT2D eigenvalue weighted by Crippen LogP contribution is 2.32. The van der Waals surface area contributed by atoms with Gasteiger partial charge in [-0.3, -0.25) is 0 Å². The van der Waals surface area contributed by atoms with Gasteiger partial charge in [-0.2, -0.15) is 0 Å². The van der Waals surface area contributed by atoms with Gasteiger partial charge in [-0.25, -0.2) is 0 Å². The van der Waals surface area contributed by atoms with E-state index in [2.05, 4.69) is 65.1 Å². The van der Waals surface area contributed by atoms with Gasteiger partial charge < -0.3 is 10.6 Å². The van der Waals surface area contributed by atoms with Crippen LogP contribution in [0.2, 0.25) is 0 Å². The molecule has 0 atom stereocenters. The highest BCUT2D eigenvalue weighted by molar-refractivity contribution is 9.10. The average Bonchev–Trinajstić information content (AvgIpc) is 2.69. The normalized spacial score (nSPS) is 11.0. The van der Waals surface area contributed by atoms with Crippen LogP contribution in [-0.2, 0) is 6.42 Å². The van der Waals surface area contributed by atoms with Crippen LogP contribution in [0, 0.1) is 0 Å². The third-order valence-corrected chi connectivity index (χ3v) is 6.11. The number of rotatable bonds is 13. The summed E-state index contributed by atoms with van der Waals surface area (Å²) in [5.74, 6) is 0. The third kappa shape index (κ3) is 7.87. The van der Waals surface area contributed by atoms with E-state index in [-0.39, 0.29) is 0 Å². The maximum Gasteiger partial charge on any atom is 0.0552 e. The van der Waals surface area contributed by atoms with Crippen LogP contribution < -0.4 is 10.6 Å². The lowest BCUT2D eigenvalue weighted by molar-refractivity contribution is 0.556. The average molecular weight is 445 g/mol. The predicted molar refractivity (Wildman–Crippen MR) is 129 cm³/mol. The zero-order chi connectivity index (χ0) is 20.2. The van der Waals surface area contributed by atoms with Crippen molar-refractivity contribution >= 4 is 33.0 Å². The summed E-state index contributed by atoms with van der Waals surface area (Å²) in [5.41, 5.74) is 10.3. The molecule has 0 aromatic heterocycles. The summed E-state index contributed by atoms with van der Waals surface area (Å²) in [7, 11) is 2.09. The maximum absolute atomic E-state index is 5.80. The second-order valence-electron chi connectivity index (χ2n) is 7.87. The van der Waals surface area contributed by atoms with Crippen molar-refractivity contribution in [1.82, 2.24) is 0 Å². The predicted octanol–water partition coefficient (Wildman–Crippen LogP) is 8.26. The lowest BCUT2D eigenvalue weighted by Gasteiger charge is -2.21. The minimum atomic E-state index is 0.794. The minimum absolute atomic E-state index is 0.794. The Labute approximate surface area is 180 Å². The monoisotopic (exact) mass is 444 g/mol. The topological polar surface area (TPSA) is 29.3 Å². The fourth-order valence-electron chi connectivity index (χ4n) is 3.63. The molecule has 2 N–H and O–H groups in total. The first kappa shape index (κ1) is 22.8. The Bertz CT molecular complexity index is 681. The van der Waals surface area contributed by atoms with E-state index in [1.807, 2.05) is 12.1 Å². The Hall–Kier alpha value is -1.48. The molecule has 0 saturated carbocycles. The summed E-state index contributed by atoms with van der Waals surface area (Å²) in [6.45, 7) is 2.28. The molecule has 0 aliphatic heterocycles. The summed E-state index contributed by atoms with van der Waals surface area (Å²) in [6.07, 6.45) is 15.0. The van der Waals surface area contributed by atoms with Gasteiger partial charge in [-0.15, -0.1) is 0 Å². The molecule has 0 aliphatic carbocycles. The van der Waals surface area contributed by atoms with Crippen molar-refractivity contribution in [2.24, 2.45) is 0 Å². The van der Waals surface area contributed by atoms with E-state index in [1.54, 1.807) is 0 Å². The lowest BCUT2D eigenvalue weighted by Crippen LogP contribution is -2.10. The molecule has 2 rings (SSSR count). The van der Waals surface area contributed by atoms with Crippen LogP contribution in [-0.4, -0.2) is 7.05 Å². The molecule has 154 valence electrons. The smallest absolute Gasteiger partial charge is 0.0552 e. The molecule has 28 heavy (non-hydrogen) atoms. The molecule has 0 unspecified atom stereocenters. The van der Waals surface area contributed by atoms with Crippen molar-refractivity contribution in [3.63, 3.8) is 0 Å². The first-order valence-electron chi connectivity index (χ1n) is 11.0. The van der Waals surface area contributed by atoms with Crippen molar-refractivity contribution in [2.75, 3.05) is 17.7 Å². The minimum Gasteiger partial charge on any atom is -0.399 e. The quantitative estimate of drug-likeness (QED) is 0.248. The molecule has 0 aliphatic rings. The first-order chi connectivity index (χ1) is 13.6. The molecule has 0 radical (unpaired) electrons. The Morgan fingerprint density at radius 2 is 1.36 bits per heavy atom. The molecule has 0 fully saturated rings. The summed E-state index contributed by atoms with van der Waals surface area (Å²) < 4.78 is 1.15. The summed E-state index contributed by atoms with van der Waals surface area (Å²) in [6, 6.07) is 14.8. The van der Waals surface area contributed by atoms with Crippen molar-refractivity contribution < 1.29 is 0 Å². The van der Waals surface area contributed by atoms with Gasteiger partial charge in [0.05, 0.1) is 5.69 Å². The van der Waals surface area contributed by atoms with Gasteiger partial charge in [0, 0.05) is 22.9 Å². The second-order valence-corrected chi connectivity index (χ2v) is 8.72. The van der Waals surface area contributed by atoms with Gasteiger partial charge in [-0.1, -0.05) is 70.8 Å². The van der Waals surface area contributed by atoms with Crippen LogP contribution in [0.1, 0.15) is 76.7 Å². The first-order valence-corrected chi connectivity index (χ1v) is 11.8. The van der Waals surface area contributed by atoms with Crippen LogP contribution in [0.15, 0.2) is 46.9 Å². The second kappa shape index (κ2) is 12.9. The van der Waals surface area contributed by atoms with E-state index >= 15 is 0 Å². The van der Waals surface area contributed by atoms with Gasteiger partial charge in [0.15, 0.2) is 0 Å². The van der Waals surface area contributed by atoms with Crippen LogP contribution >= 0.6 is 15.9 Å². The molecule has 3 heteroatoms. The SMILES string of the molecule is CCCCCCCCCCCCc1ccc(N(C)c2ccc(N)cc2)c(Br)c1. The Balaban J connectivity index is 1.70. The molecular formula is C25H37BrN2.